The molecule has 0 aliphatic carbocycles. The summed E-state index contributed by atoms with van der Waals surface area (Å²) < 4.78 is 0. The van der Waals surface area contributed by atoms with E-state index in [9.17, 15) is 0 Å². The van der Waals surface area contributed by atoms with Crippen molar-refractivity contribution in [3.05, 3.63) is 29.8 Å². The molecule has 0 saturated carbocycles. The van der Waals surface area contributed by atoms with Gasteiger partial charge in [-0.15, -0.1) is 0 Å². The van der Waals surface area contributed by atoms with Crippen molar-refractivity contribution in [1.82, 2.24) is 0 Å². The van der Waals surface area contributed by atoms with E-state index in [1.165, 1.54) is 11.3 Å². The molecule has 0 saturated heterocycles. The summed E-state index contributed by atoms with van der Waals surface area (Å²) >= 11 is 0. The van der Waals surface area contributed by atoms with Crippen LogP contribution < -0.4 is 5.01 Å². The van der Waals surface area contributed by atoms with Gasteiger partial charge in [0.25, 0.3) is 0 Å². The Labute approximate surface area is 72.5 Å². The second kappa shape index (κ2) is 2.97. The highest BCUT2D eigenvalue weighted by molar-refractivity contribution is 5.62. The van der Waals surface area contributed by atoms with Crippen molar-refractivity contribution in [1.29, 1.82) is 0 Å². The molecule has 0 spiro atoms. The maximum absolute atomic E-state index is 4.27. The first kappa shape index (κ1) is 7.35. The molecule has 0 fully saturated rings. The van der Waals surface area contributed by atoms with Gasteiger partial charge in [0.05, 0.1) is 5.69 Å². The highest BCUT2D eigenvalue weighted by Crippen LogP contribution is 2.26. The van der Waals surface area contributed by atoms with Gasteiger partial charge in [-0.25, -0.2) is 0 Å². The minimum absolute atomic E-state index is 1.02. The largest absolute Gasteiger partial charge is 0.265 e. The van der Waals surface area contributed by atoms with Crippen LogP contribution >= 0.6 is 0 Å². The van der Waals surface area contributed by atoms with Gasteiger partial charge in [0.15, 0.2) is 0 Å². The number of hydrogen-bond acceptors (Lipinski definition) is 2. The molecule has 1 aromatic carbocycles. The fraction of sp³-hybridized carbons (Fsp3) is 0.300. The summed E-state index contributed by atoms with van der Waals surface area (Å²) in [4.78, 5) is 0. The summed E-state index contributed by atoms with van der Waals surface area (Å²) in [6.07, 6.45) is 2.95. The highest BCUT2D eigenvalue weighted by atomic mass is 15.5. The first-order chi connectivity index (χ1) is 5.92. The van der Waals surface area contributed by atoms with Crippen LogP contribution in [0.1, 0.15) is 12.5 Å². The first-order valence-corrected chi connectivity index (χ1v) is 4.26. The van der Waals surface area contributed by atoms with Crippen molar-refractivity contribution in [2.75, 3.05) is 11.6 Å². The van der Waals surface area contributed by atoms with Crippen molar-refractivity contribution < 1.29 is 0 Å². The topological polar surface area (TPSA) is 15.6 Å². The molecule has 2 rings (SSSR count). The van der Waals surface area contributed by atoms with E-state index in [0.717, 1.165) is 13.0 Å². The molecule has 1 heterocycles. The number of benzene rings is 1. The Bertz CT molecular complexity index is 304. The third-order valence-corrected chi connectivity index (χ3v) is 2.12. The normalized spacial score (nSPS) is 15.6. The molecule has 0 aromatic heterocycles. The van der Waals surface area contributed by atoms with Crippen molar-refractivity contribution in [2.24, 2.45) is 5.10 Å². The molecule has 0 radical (unpaired) electrons. The van der Waals surface area contributed by atoms with E-state index in [0.29, 0.717) is 0 Å². The number of anilines is 1. The van der Waals surface area contributed by atoms with Crippen LogP contribution in [0.4, 0.5) is 5.69 Å². The number of hydrazone groups is 1. The van der Waals surface area contributed by atoms with Gasteiger partial charge in [-0.05, 0) is 25.0 Å². The summed E-state index contributed by atoms with van der Waals surface area (Å²) in [6.45, 7) is 2.96. The van der Waals surface area contributed by atoms with Crippen molar-refractivity contribution >= 4 is 11.9 Å². The highest BCUT2D eigenvalue weighted by Gasteiger charge is 2.16. The van der Waals surface area contributed by atoms with E-state index in [-0.39, 0.29) is 0 Å². The minimum atomic E-state index is 1.02. The average molecular weight is 160 g/mol. The van der Waals surface area contributed by atoms with Gasteiger partial charge in [-0.3, -0.25) is 5.01 Å². The third-order valence-electron chi connectivity index (χ3n) is 2.12. The first-order valence-electron chi connectivity index (χ1n) is 4.26. The van der Waals surface area contributed by atoms with Gasteiger partial charge in [0.1, 0.15) is 0 Å². The van der Waals surface area contributed by atoms with Gasteiger partial charge < -0.3 is 0 Å². The van der Waals surface area contributed by atoms with Crippen molar-refractivity contribution in [3.63, 3.8) is 0 Å². The van der Waals surface area contributed by atoms with E-state index < -0.39 is 0 Å². The van der Waals surface area contributed by atoms with Crippen LogP contribution in [0, 0.1) is 0 Å². The third kappa shape index (κ3) is 1.09. The summed E-state index contributed by atoms with van der Waals surface area (Å²) in [7, 11) is 0. The van der Waals surface area contributed by atoms with E-state index in [1.54, 1.807) is 0 Å². The smallest absolute Gasteiger partial charge is 0.0626 e. The maximum atomic E-state index is 4.27. The second-order valence-corrected chi connectivity index (χ2v) is 2.88. The molecule has 1 aliphatic heterocycles. The Kier molecular flexibility index (Phi) is 1.82. The van der Waals surface area contributed by atoms with Crippen molar-refractivity contribution in [2.45, 2.75) is 13.3 Å². The Hall–Kier alpha value is -1.31. The van der Waals surface area contributed by atoms with Gasteiger partial charge in [0.2, 0.25) is 0 Å². The molecular weight excluding hydrogens is 148 g/mol. The predicted molar refractivity (Wildman–Crippen MR) is 51.7 cm³/mol. The van der Waals surface area contributed by atoms with Gasteiger partial charge in [-0.2, -0.15) is 5.10 Å². The van der Waals surface area contributed by atoms with Gasteiger partial charge in [-0.1, -0.05) is 18.2 Å². The molecule has 1 aromatic rings. The number of hydrogen-bond donors (Lipinski definition) is 0. The van der Waals surface area contributed by atoms with E-state index in [1.807, 2.05) is 13.1 Å². The van der Waals surface area contributed by atoms with Crippen LogP contribution in [-0.2, 0) is 6.42 Å². The van der Waals surface area contributed by atoms with Crippen molar-refractivity contribution in [3.8, 4) is 0 Å². The molecule has 0 atom stereocenters. The van der Waals surface area contributed by atoms with Crippen LogP contribution in [0.15, 0.2) is 29.4 Å². The molecule has 0 unspecified atom stereocenters. The molecule has 62 valence electrons. The summed E-state index contributed by atoms with van der Waals surface area (Å²) in [5.74, 6) is 0. The van der Waals surface area contributed by atoms with E-state index >= 15 is 0 Å². The maximum Gasteiger partial charge on any atom is 0.0626 e. The molecule has 0 bridgehead atoms. The fourth-order valence-corrected chi connectivity index (χ4v) is 1.58. The monoisotopic (exact) mass is 160 g/mol. The summed E-state index contributed by atoms with van der Waals surface area (Å²) in [5.41, 5.74) is 2.67. The Balaban J connectivity index is 2.36. The lowest BCUT2D eigenvalue weighted by Gasteiger charge is -2.10. The number of nitrogens with zero attached hydrogens (tertiary/aromatic N) is 2. The zero-order chi connectivity index (χ0) is 8.39. The van der Waals surface area contributed by atoms with Crippen LogP contribution in [0.3, 0.4) is 0 Å². The lowest BCUT2D eigenvalue weighted by molar-refractivity contribution is 0.895. The second-order valence-electron chi connectivity index (χ2n) is 2.88. The molecule has 0 N–H and O–H groups in total. The van der Waals surface area contributed by atoms with Crippen LogP contribution in [0.2, 0.25) is 0 Å². The Morgan fingerprint density at radius 1 is 1.42 bits per heavy atom. The molecular formula is C10H12N2. The number of fused-ring (bicyclic) bond motifs is 1. The molecule has 2 heteroatoms. The number of para-hydroxylation sites is 1. The molecule has 0 amide bonds. The SMILES string of the molecule is C/C=N/N1CCc2ccccc21. The summed E-state index contributed by atoms with van der Waals surface area (Å²) in [6, 6.07) is 8.43. The standard InChI is InChI=1S/C10H12N2/c1-2-11-12-8-7-9-5-3-4-6-10(9)12/h2-6H,7-8H2,1H3/b11-2+. The lowest BCUT2D eigenvalue weighted by Crippen LogP contribution is -2.11. The quantitative estimate of drug-likeness (QED) is 0.574. The van der Waals surface area contributed by atoms with Crippen LogP contribution in [0.25, 0.3) is 0 Å². The van der Waals surface area contributed by atoms with Crippen LogP contribution in [0.5, 0.6) is 0 Å². The Morgan fingerprint density at radius 3 is 3.08 bits per heavy atom. The predicted octanol–water partition coefficient (Wildman–Crippen LogP) is 2.05. The zero-order valence-electron chi connectivity index (χ0n) is 7.20. The average Bonchev–Trinajstić information content (AvgIpc) is 2.50. The Morgan fingerprint density at radius 2 is 2.25 bits per heavy atom. The lowest BCUT2D eigenvalue weighted by atomic mass is 10.2. The minimum Gasteiger partial charge on any atom is -0.265 e. The van der Waals surface area contributed by atoms with E-state index in [4.69, 9.17) is 0 Å². The van der Waals surface area contributed by atoms with Crippen LogP contribution in [-0.4, -0.2) is 12.8 Å². The number of rotatable bonds is 1. The molecule has 2 nitrogen and oxygen atoms in total. The zero-order valence-corrected chi connectivity index (χ0v) is 7.20. The van der Waals surface area contributed by atoms with Gasteiger partial charge in [0, 0.05) is 12.8 Å². The summed E-state index contributed by atoms with van der Waals surface area (Å²) in [5, 5.41) is 6.32. The fourth-order valence-electron chi connectivity index (χ4n) is 1.58. The molecule has 1 aliphatic rings. The van der Waals surface area contributed by atoms with Gasteiger partial charge >= 0.3 is 0 Å². The van der Waals surface area contributed by atoms with E-state index in [2.05, 4.69) is 34.4 Å². The molecule has 12 heavy (non-hydrogen) atoms.